The molecular formula is C6H3BrFNO2S. The number of benzene rings is 1. The molecule has 0 heterocycles. The highest BCUT2D eigenvalue weighted by Crippen LogP contribution is 2.31. The molecule has 0 spiro atoms. The molecule has 0 aliphatic carbocycles. The second-order valence-electron chi connectivity index (χ2n) is 1.99. The first-order chi connectivity index (χ1) is 5.54. The summed E-state index contributed by atoms with van der Waals surface area (Å²) in [4.78, 5) is 9.47. The maximum absolute atomic E-state index is 13.0. The van der Waals surface area contributed by atoms with Gasteiger partial charge < -0.3 is 0 Å². The highest BCUT2D eigenvalue weighted by molar-refractivity contribution is 9.10. The number of thiol groups is 1. The lowest BCUT2D eigenvalue weighted by atomic mass is 10.3. The molecule has 64 valence electrons. The molecule has 1 aromatic carbocycles. The van der Waals surface area contributed by atoms with Gasteiger partial charge in [0.25, 0.3) is 0 Å². The van der Waals surface area contributed by atoms with E-state index < -0.39 is 16.4 Å². The summed E-state index contributed by atoms with van der Waals surface area (Å²) in [6.07, 6.45) is 0. The topological polar surface area (TPSA) is 43.1 Å². The summed E-state index contributed by atoms with van der Waals surface area (Å²) in [6, 6.07) is 2.72. The zero-order valence-electron chi connectivity index (χ0n) is 5.62. The van der Waals surface area contributed by atoms with Crippen molar-refractivity contribution in [2.45, 2.75) is 4.90 Å². The molecule has 0 fully saturated rings. The van der Waals surface area contributed by atoms with Crippen molar-refractivity contribution < 1.29 is 9.31 Å². The third kappa shape index (κ3) is 1.59. The summed E-state index contributed by atoms with van der Waals surface area (Å²) >= 11 is 6.58. The van der Waals surface area contributed by atoms with Crippen LogP contribution in [-0.4, -0.2) is 4.92 Å². The molecule has 0 radical (unpaired) electrons. The fraction of sp³-hybridized carbons (Fsp3) is 0. The van der Waals surface area contributed by atoms with E-state index in [1.165, 1.54) is 12.1 Å². The van der Waals surface area contributed by atoms with Crippen molar-refractivity contribution in [1.82, 2.24) is 0 Å². The highest BCUT2D eigenvalue weighted by Gasteiger charge is 2.20. The Morgan fingerprint density at radius 2 is 2.17 bits per heavy atom. The summed E-state index contributed by atoms with van der Waals surface area (Å²) in [6.45, 7) is 0. The fourth-order valence-electron chi connectivity index (χ4n) is 0.698. The third-order valence-corrected chi connectivity index (χ3v) is 2.21. The number of rotatable bonds is 1. The number of nitrogens with zero attached hydrogens (tertiary/aromatic N) is 1. The Hall–Kier alpha value is -0.620. The van der Waals surface area contributed by atoms with Crippen LogP contribution in [-0.2, 0) is 0 Å². The van der Waals surface area contributed by atoms with Crippen LogP contribution in [0.4, 0.5) is 10.1 Å². The van der Waals surface area contributed by atoms with E-state index in [0.29, 0.717) is 0 Å². The minimum atomic E-state index is -0.919. The maximum atomic E-state index is 13.0. The van der Waals surface area contributed by atoms with Gasteiger partial charge in [-0.25, -0.2) is 0 Å². The number of halogens is 2. The van der Waals surface area contributed by atoms with Gasteiger partial charge in [-0.3, -0.25) is 10.1 Å². The monoisotopic (exact) mass is 251 g/mol. The van der Waals surface area contributed by atoms with Crippen molar-refractivity contribution >= 4 is 34.2 Å². The van der Waals surface area contributed by atoms with Gasteiger partial charge in [0.05, 0.1) is 9.40 Å². The summed E-state index contributed by atoms with van der Waals surface area (Å²) in [5, 5.41) is 10.3. The molecule has 0 aromatic heterocycles. The largest absolute Gasteiger partial charge is 0.319 e. The fourth-order valence-corrected chi connectivity index (χ4v) is 1.33. The Balaban J connectivity index is 3.43. The summed E-state index contributed by atoms with van der Waals surface area (Å²) in [5.41, 5.74) is -0.581. The lowest BCUT2D eigenvalue weighted by Gasteiger charge is -1.98. The van der Waals surface area contributed by atoms with Gasteiger partial charge in [0.1, 0.15) is 0 Å². The van der Waals surface area contributed by atoms with Gasteiger partial charge in [-0.1, -0.05) is 0 Å². The third-order valence-electron chi connectivity index (χ3n) is 1.23. The first-order valence-electron chi connectivity index (χ1n) is 2.85. The van der Waals surface area contributed by atoms with Gasteiger partial charge in [0.2, 0.25) is 5.82 Å². The van der Waals surface area contributed by atoms with Crippen molar-refractivity contribution in [2.75, 3.05) is 0 Å². The van der Waals surface area contributed by atoms with Crippen LogP contribution in [0.25, 0.3) is 0 Å². The van der Waals surface area contributed by atoms with E-state index in [9.17, 15) is 14.5 Å². The number of hydrogen-bond acceptors (Lipinski definition) is 3. The predicted molar refractivity (Wildman–Crippen MR) is 48.0 cm³/mol. The van der Waals surface area contributed by atoms with Crippen LogP contribution in [0, 0.1) is 15.9 Å². The van der Waals surface area contributed by atoms with E-state index in [-0.39, 0.29) is 9.37 Å². The number of nitro benzene ring substituents is 1. The molecule has 0 saturated heterocycles. The first-order valence-corrected chi connectivity index (χ1v) is 4.09. The molecule has 6 heteroatoms. The standard InChI is InChI=1S/C6H3BrFNO2S/c7-3-1-2-4(12)5(8)6(3)9(10)11/h1-2,12H. The minimum Gasteiger partial charge on any atom is -0.258 e. The first kappa shape index (κ1) is 9.47. The van der Waals surface area contributed by atoms with Crippen LogP contribution in [0.5, 0.6) is 0 Å². The van der Waals surface area contributed by atoms with Crippen LogP contribution < -0.4 is 0 Å². The molecule has 12 heavy (non-hydrogen) atoms. The van der Waals surface area contributed by atoms with Crippen molar-refractivity contribution in [3.8, 4) is 0 Å². The molecule has 0 saturated carbocycles. The average Bonchev–Trinajstić information content (AvgIpc) is 1.97. The van der Waals surface area contributed by atoms with Crippen molar-refractivity contribution in [1.29, 1.82) is 0 Å². The van der Waals surface area contributed by atoms with Crippen molar-refractivity contribution in [3.63, 3.8) is 0 Å². The SMILES string of the molecule is O=[N+]([O-])c1c(Br)ccc(S)c1F. The van der Waals surface area contributed by atoms with Gasteiger partial charge in [0.15, 0.2) is 0 Å². The molecule has 0 amide bonds. The second-order valence-corrected chi connectivity index (χ2v) is 3.32. The highest BCUT2D eigenvalue weighted by atomic mass is 79.9. The van der Waals surface area contributed by atoms with E-state index in [1.807, 2.05) is 0 Å². The zero-order chi connectivity index (χ0) is 9.30. The summed E-state index contributed by atoms with van der Waals surface area (Å²) in [7, 11) is 0. The lowest BCUT2D eigenvalue weighted by molar-refractivity contribution is -0.388. The van der Waals surface area contributed by atoms with Crippen molar-refractivity contribution in [3.05, 3.63) is 32.5 Å². The Morgan fingerprint density at radius 1 is 1.58 bits per heavy atom. The van der Waals surface area contributed by atoms with Gasteiger partial charge in [-0.05, 0) is 28.1 Å². The molecular weight excluding hydrogens is 249 g/mol. The molecule has 0 atom stereocenters. The lowest BCUT2D eigenvalue weighted by Crippen LogP contribution is -1.94. The van der Waals surface area contributed by atoms with Crippen LogP contribution in [0.3, 0.4) is 0 Å². The number of nitro groups is 1. The van der Waals surface area contributed by atoms with E-state index in [2.05, 4.69) is 28.6 Å². The van der Waals surface area contributed by atoms with E-state index in [0.717, 1.165) is 0 Å². The van der Waals surface area contributed by atoms with Crippen LogP contribution in [0.1, 0.15) is 0 Å². The average molecular weight is 252 g/mol. The van der Waals surface area contributed by atoms with Gasteiger partial charge >= 0.3 is 5.69 Å². The van der Waals surface area contributed by atoms with Crippen molar-refractivity contribution in [2.24, 2.45) is 0 Å². The van der Waals surface area contributed by atoms with Crippen LogP contribution >= 0.6 is 28.6 Å². The molecule has 0 aliphatic rings. The molecule has 1 aromatic rings. The second kappa shape index (κ2) is 3.40. The van der Waals surface area contributed by atoms with Crippen LogP contribution in [0.15, 0.2) is 21.5 Å². The smallest absolute Gasteiger partial charge is 0.258 e. The Labute approximate surface area is 81.3 Å². The Morgan fingerprint density at radius 3 is 2.58 bits per heavy atom. The molecule has 0 bridgehead atoms. The van der Waals surface area contributed by atoms with E-state index in [4.69, 9.17) is 0 Å². The summed E-state index contributed by atoms with van der Waals surface area (Å²) < 4.78 is 13.1. The molecule has 0 aliphatic heterocycles. The normalized spacial score (nSPS) is 9.92. The van der Waals surface area contributed by atoms with Gasteiger partial charge in [0, 0.05) is 4.90 Å². The van der Waals surface area contributed by atoms with E-state index >= 15 is 0 Å². The maximum Gasteiger partial charge on any atom is 0.319 e. The van der Waals surface area contributed by atoms with Gasteiger partial charge in [-0.2, -0.15) is 4.39 Å². The molecule has 0 unspecified atom stereocenters. The van der Waals surface area contributed by atoms with Gasteiger partial charge in [-0.15, -0.1) is 12.6 Å². The minimum absolute atomic E-state index is 0.0371. The Kier molecular flexibility index (Phi) is 2.69. The predicted octanol–water partition coefficient (Wildman–Crippen LogP) is 2.79. The summed E-state index contributed by atoms with van der Waals surface area (Å²) in [5.74, 6) is -0.919. The number of hydrogen-bond donors (Lipinski definition) is 1. The Bertz CT molecular complexity index is 345. The zero-order valence-corrected chi connectivity index (χ0v) is 8.10. The van der Waals surface area contributed by atoms with E-state index in [1.54, 1.807) is 0 Å². The molecule has 1 rings (SSSR count). The van der Waals surface area contributed by atoms with Crippen LogP contribution in [0.2, 0.25) is 0 Å². The quantitative estimate of drug-likeness (QED) is 0.474. The molecule has 3 nitrogen and oxygen atoms in total. The molecule has 0 N–H and O–H groups in total.